The number of hydrogen-bond donors (Lipinski definition) is 1. The lowest BCUT2D eigenvalue weighted by Crippen LogP contribution is -2.28. The van der Waals surface area contributed by atoms with Crippen LogP contribution in [0.15, 0.2) is 42.5 Å². The highest BCUT2D eigenvalue weighted by Crippen LogP contribution is 2.49. The Bertz CT molecular complexity index is 728. The molecule has 1 amide bonds. The normalized spacial score (nSPS) is 15.2. The minimum Gasteiger partial charge on any atom is -0.494 e. The lowest BCUT2D eigenvalue weighted by Gasteiger charge is -2.17. The number of nitrogens with one attached hydrogen (secondary N) is 1. The zero-order valence-electron chi connectivity index (χ0n) is 12.0. The SMILES string of the molecule is COc1cc(F)ccc1NC(=O)C1(c2cccc(Cl)c2)CC1. The van der Waals surface area contributed by atoms with Gasteiger partial charge >= 0.3 is 0 Å². The highest BCUT2D eigenvalue weighted by molar-refractivity contribution is 6.30. The van der Waals surface area contributed by atoms with Gasteiger partial charge in [0.05, 0.1) is 18.2 Å². The number of methoxy groups -OCH3 is 1. The van der Waals surface area contributed by atoms with Crippen molar-refractivity contribution in [3.63, 3.8) is 0 Å². The van der Waals surface area contributed by atoms with Gasteiger partial charge in [-0.15, -0.1) is 0 Å². The third-order valence-corrected chi connectivity index (χ3v) is 4.21. The molecule has 22 heavy (non-hydrogen) atoms. The quantitative estimate of drug-likeness (QED) is 0.919. The first kappa shape index (κ1) is 14.9. The maximum Gasteiger partial charge on any atom is 0.235 e. The molecule has 0 bridgehead atoms. The summed E-state index contributed by atoms with van der Waals surface area (Å²) >= 11 is 6.02. The van der Waals surface area contributed by atoms with E-state index in [1.165, 1.54) is 25.3 Å². The Balaban J connectivity index is 1.86. The predicted octanol–water partition coefficient (Wildman–Crippen LogP) is 4.16. The molecule has 3 nitrogen and oxygen atoms in total. The van der Waals surface area contributed by atoms with Crippen molar-refractivity contribution in [2.45, 2.75) is 18.3 Å². The van der Waals surface area contributed by atoms with Crippen LogP contribution in [0.1, 0.15) is 18.4 Å². The summed E-state index contributed by atoms with van der Waals surface area (Å²) in [4.78, 5) is 12.7. The predicted molar refractivity (Wildman–Crippen MR) is 83.9 cm³/mol. The minimum atomic E-state index is -0.551. The number of rotatable bonds is 4. The fraction of sp³-hybridized carbons (Fsp3) is 0.235. The van der Waals surface area contributed by atoms with Gasteiger partial charge in [0.1, 0.15) is 11.6 Å². The van der Waals surface area contributed by atoms with Crippen molar-refractivity contribution in [2.75, 3.05) is 12.4 Å². The Morgan fingerprint density at radius 2 is 2.05 bits per heavy atom. The number of carbonyl (C=O) groups excluding carboxylic acids is 1. The second-order valence-corrected chi connectivity index (χ2v) is 5.83. The molecule has 1 N–H and O–H groups in total. The van der Waals surface area contributed by atoms with Gasteiger partial charge in [0.25, 0.3) is 0 Å². The van der Waals surface area contributed by atoms with Gasteiger partial charge in [-0.3, -0.25) is 4.79 Å². The van der Waals surface area contributed by atoms with Gasteiger partial charge in [-0.2, -0.15) is 0 Å². The standard InChI is InChI=1S/C17H15ClFNO2/c1-22-15-10-13(19)5-6-14(15)20-16(21)17(7-8-17)11-3-2-4-12(18)9-11/h2-6,9-10H,7-8H2,1H3,(H,20,21). The highest BCUT2D eigenvalue weighted by Gasteiger charge is 2.51. The molecule has 114 valence electrons. The molecule has 0 atom stereocenters. The van der Waals surface area contributed by atoms with Crippen molar-refractivity contribution in [3.8, 4) is 5.75 Å². The molecular formula is C17H15ClFNO2. The first-order valence-electron chi connectivity index (χ1n) is 6.96. The Kier molecular flexibility index (Phi) is 3.79. The van der Waals surface area contributed by atoms with Crippen LogP contribution in [-0.4, -0.2) is 13.0 Å². The second kappa shape index (κ2) is 5.61. The number of halogens is 2. The Morgan fingerprint density at radius 1 is 1.27 bits per heavy atom. The van der Waals surface area contributed by atoms with Gasteiger partial charge in [-0.1, -0.05) is 23.7 Å². The van der Waals surface area contributed by atoms with Crippen LogP contribution in [0.5, 0.6) is 5.75 Å². The van der Waals surface area contributed by atoms with Crippen LogP contribution >= 0.6 is 11.6 Å². The number of hydrogen-bond acceptors (Lipinski definition) is 2. The van der Waals surface area contributed by atoms with Crippen LogP contribution in [0.4, 0.5) is 10.1 Å². The van der Waals surface area contributed by atoms with Crippen LogP contribution in [0.3, 0.4) is 0 Å². The average Bonchev–Trinajstić information content (AvgIpc) is 3.31. The molecule has 1 aliphatic carbocycles. The summed E-state index contributed by atoms with van der Waals surface area (Å²) in [6, 6.07) is 11.4. The number of ether oxygens (including phenoxy) is 1. The summed E-state index contributed by atoms with van der Waals surface area (Å²) in [5, 5.41) is 3.44. The molecule has 1 fully saturated rings. The third kappa shape index (κ3) is 2.66. The summed E-state index contributed by atoms with van der Waals surface area (Å²) < 4.78 is 18.3. The van der Waals surface area contributed by atoms with E-state index in [1.54, 1.807) is 6.07 Å². The Labute approximate surface area is 133 Å². The first-order valence-corrected chi connectivity index (χ1v) is 7.34. The van der Waals surface area contributed by atoms with Crippen LogP contribution in [-0.2, 0) is 10.2 Å². The Hall–Kier alpha value is -2.07. The van der Waals surface area contributed by atoms with Crippen molar-refractivity contribution < 1.29 is 13.9 Å². The summed E-state index contributed by atoms with van der Waals surface area (Å²) in [7, 11) is 1.44. The van der Waals surface area contributed by atoms with E-state index in [9.17, 15) is 9.18 Å². The molecule has 0 heterocycles. The fourth-order valence-electron chi connectivity index (χ4n) is 2.57. The highest BCUT2D eigenvalue weighted by atomic mass is 35.5. The maximum absolute atomic E-state index is 13.2. The van der Waals surface area contributed by atoms with E-state index in [0.717, 1.165) is 18.4 Å². The van der Waals surface area contributed by atoms with Crippen molar-refractivity contribution in [1.29, 1.82) is 0 Å². The molecule has 0 unspecified atom stereocenters. The summed E-state index contributed by atoms with van der Waals surface area (Å²) in [5.41, 5.74) is 0.811. The van der Waals surface area contributed by atoms with Crippen LogP contribution in [0.25, 0.3) is 0 Å². The van der Waals surface area contributed by atoms with Crippen molar-refractivity contribution in [3.05, 3.63) is 58.9 Å². The van der Waals surface area contributed by atoms with Crippen LogP contribution in [0, 0.1) is 5.82 Å². The number of amides is 1. The summed E-state index contributed by atoms with van der Waals surface area (Å²) in [6.07, 6.45) is 1.53. The second-order valence-electron chi connectivity index (χ2n) is 5.39. The van der Waals surface area contributed by atoms with Gasteiger partial charge in [0, 0.05) is 11.1 Å². The summed E-state index contributed by atoms with van der Waals surface area (Å²) in [5.74, 6) is -0.235. The van der Waals surface area contributed by atoms with Gasteiger partial charge in [0.2, 0.25) is 5.91 Å². The van der Waals surface area contributed by atoms with Crippen molar-refractivity contribution in [1.82, 2.24) is 0 Å². The Morgan fingerprint density at radius 3 is 2.68 bits per heavy atom. The molecule has 3 rings (SSSR count). The van der Waals surface area contributed by atoms with Crippen LogP contribution < -0.4 is 10.1 Å². The smallest absolute Gasteiger partial charge is 0.235 e. The van der Waals surface area contributed by atoms with E-state index in [-0.39, 0.29) is 5.91 Å². The van der Waals surface area contributed by atoms with Crippen molar-refractivity contribution >= 4 is 23.2 Å². The molecular weight excluding hydrogens is 305 g/mol. The van der Waals surface area contributed by atoms with Gasteiger partial charge in [-0.05, 0) is 42.7 Å². The zero-order chi connectivity index (χ0) is 15.7. The topological polar surface area (TPSA) is 38.3 Å². The molecule has 5 heteroatoms. The monoisotopic (exact) mass is 319 g/mol. The molecule has 0 spiro atoms. The molecule has 0 saturated heterocycles. The fourth-order valence-corrected chi connectivity index (χ4v) is 2.76. The number of anilines is 1. The van der Waals surface area contributed by atoms with Gasteiger partial charge in [-0.25, -0.2) is 4.39 Å². The molecule has 0 radical (unpaired) electrons. The maximum atomic E-state index is 13.2. The van der Waals surface area contributed by atoms with Crippen molar-refractivity contribution in [2.24, 2.45) is 0 Å². The van der Waals surface area contributed by atoms with E-state index in [2.05, 4.69) is 5.32 Å². The molecule has 1 aliphatic rings. The number of carbonyl (C=O) groups is 1. The lowest BCUT2D eigenvalue weighted by molar-refractivity contribution is -0.118. The number of benzene rings is 2. The van der Waals surface area contributed by atoms with E-state index >= 15 is 0 Å². The largest absolute Gasteiger partial charge is 0.494 e. The minimum absolute atomic E-state index is 0.125. The lowest BCUT2D eigenvalue weighted by atomic mass is 9.95. The summed E-state index contributed by atoms with van der Waals surface area (Å²) in [6.45, 7) is 0. The molecule has 2 aromatic carbocycles. The van der Waals surface area contributed by atoms with E-state index in [4.69, 9.17) is 16.3 Å². The zero-order valence-corrected chi connectivity index (χ0v) is 12.8. The first-order chi connectivity index (χ1) is 10.5. The third-order valence-electron chi connectivity index (χ3n) is 3.97. The van der Waals surface area contributed by atoms with E-state index in [0.29, 0.717) is 16.5 Å². The average molecular weight is 320 g/mol. The van der Waals surface area contributed by atoms with Gasteiger partial charge < -0.3 is 10.1 Å². The van der Waals surface area contributed by atoms with E-state index < -0.39 is 11.2 Å². The molecule has 2 aromatic rings. The molecule has 0 aromatic heterocycles. The molecule has 0 aliphatic heterocycles. The van der Waals surface area contributed by atoms with Gasteiger partial charge in [0.15, 0.2) is 0 Å². The van der Waals surface area contributed by atoms with Crippen LogP contribution in [0.2, 0.25) is 5.02 Å². The molecule has 1 saturated carbocycles. The van der Waals surface area contributed by atoms with E-state index in [1.807, 2.05) is 18.2 Å².